The second kappa shape index (κ2) is 5.27. The fraction of sp³-hybridized carbons (Fsp3) is 0.190. The minimum absolute atomic E-state index is 0.464. The summed E-state index contributed by atoms with van der Waals surface area (Å²) in [4.78, 5) is 8.84. The summed E-state index contributed by atoms with van der Waals surface area (Å²) in [5.41, 5.74) is 4.35. The van der Waals surface area contributed by atoms with E-state index < -0.39 is 5.44 Å². The monoisotopic (exact) mass is 339 g/mol. The van der Waals surface area contributed by atoms with Crippen molar-refractivity contribution in [3.05, 3.63) is 60.8 Å². The Morgan fingerprint density at radius 2 is 1.65 bits per heavy atom. The van der Waals surface area contributed by atoms with E-state index in [1.54, 1.807) is 6.20 Å². The average Bonchev–Trinajstić information content (AvgIpc) is 3.20. The predicted octanol–water partition coefficient (Wildman–Crippen LogP) is 4.80. The van der Waals surface area contributed by atoms with E-state index in [9.17, 15) is 0 Å². The molecule has 0 amide bonds. The topological polar surface area (TPSA) is 32.5 Å². The molecular weight excluding hydrogens is 321 g/mol. The van der Waals surface area contributed by atoms with Gasteiger partial charge in [0.05, 0.1) is 23.7 Å². The highest BCUT2D eigenvalue weighted by molar-refractivity contribution is 6.17. The molecule has 26 heavy (non-hydrogen) atoms. The summed E-state index contributed by atoms with van der Waals surface area (Å²) in [6, 6.07) is 18.6. The number of hydrogen-bond acceptors (Lipinski definition) is 4. The van der Waals surface area contributed by atoms with Crippen LogP contribution in [0.25, 0.3) is 22.1 Å². The molecule has 3 heterocycles. The fourth-order valence-electron chi connectivity index (χ4n) is 3.74. The molecule has 0 saturated carbocycles. The van der Waals surface area contributed by atoms with E-state index in [-0.39, 0.29) is 0 Å². The molecule has 0 spiro atoms. The highest BCUT2D eigenvalue weighted by Crippen LogP contribution is 2.45. The lowest BCUT2D eigenvalue weighted by Crippen LogP contribution is -2.45. The number of aromatic nitrogens is 1. The van der Waals surface area contributed by atoms with Crippen LogP contribution in [0.2, 0.25) is 0 Å². The maximum Gasteiger partial charge on any atom is 0.227 e. The molecule has 0 fully saturated rings. The van der Waals surface area contributed by atoms with Crippen LogP contribution in [0.3, 0.4) is 0 Å². The van der Waals surface area contributed by atoms with Crippen molar-refractivity contribution >= 4 is 47.0 Å². The van der Waals surface area contributed by atoms with E-state index in [4.69, 9.17) is 12.3 Å². The Kier molecular flexibility index (Phi) is 3.11. The summed E-state index contributed by atoms with van der Waals surface area (Å²) < 4.78 is 6.13. The zero-order valence-corrected chi connectivity index (χ0v) is 14.8. The van der Waals surface area contributed by atoms with Crippen LogP contribution in [0.4, 0.5) is 17.1 Å². The number of anilines is 3. The third kappa shape index (κ3) is 2.13. The Balaban J connectivity index is 1.74. The molecule has 0 unspecified atom stereocenters. The van der Waals surface area contributed by atoms with E-state index in [1.165, 1.54) is 0 Å². The number of furan rings is 1. The Morgan fingerprint density at radius 3 is 2.46 bits per heavy atom. The second-order valence-corrected chi connectivity index (χ2v) is 7.25. The number of nitrogens with zero attached hydrogens (tertiary/aromatic N) is 3. The molecule has 1 aliphatic rings. The van der Waals surface area contributed by atoms with Crippen molar-refractivity contribution in [3.63, 3.8) is 0 Å². The first-order chi connectivity index (χ1) is 12.5. The Bertz CT molecular complexity index is 1130. The molecule has 4 nitrogen and oxygen atoms in total. The van der Waals surface area contributed by atoms with E-state index in [0.717, 1.165) is 33.4 Å². The van der Waals surface area contributed by atoms with Crippen LogP contribution in [-0.2, 0) is 0 Å². The van der Waals surface area contributed by atoms with Crippen molar-refractivity contribution < 1.29 is 4.42 Å². The van der Waals surface area contributed by atoms with Crippen LogP contribution in [0, 0.1) is 0 Å². The summed E-state index contributed by atoms with van der Waals surface area (Å²) in [6.45, 7) is 4.73. The third-order valence-corrected chi connectivity index (χ3v) is 4.99. The van der Waals surface area contributed by atoms with Gasteiger partial charge in [-0.1, -0.05) is 38.1 Å². The molecule has 0 saturated heterocycles. The van der Waals surface area contributed by atoms with Crippen molar-refractivity contribution in [3.8, 4) is 0 Å². The molecule has 0 bridgehead atoms. The minimum Gasteiger partial charge on any atom is -0.436 e. The fourth-order valence-corrected chi connectivity index (χ4v) is 3.74. The zero-order valence-electron chi connectivity index (χ0n) is 14.8. The lowest BCUT2D eigenvalue weighted by Gasteiger charge is -2.35. The molecule has 126 valence electrons. The van der Waals surface area contributed by atoms with E-state index in [0.29, 0.717) is 12.4 Å². The first-order valence-electron chi connectivity index (χ1n) is 8.73. The summed E-state index contributed by atoms with van der Waals surface area (Å²) in [6.07, 6.45) is 1.76. The Morgan fingerprint density at radius 1 is 0.923 bits per heavy atom. The molecule has 5 heteroatoms. The van der Waals surface area contributed by atoms with Crippen molar-refractivity contribution in [2.75, 3.05) is 16.5 Å². The van der Waals surface area contributed by atoms with Gasteiger partial charge in [-0.25, -0.2) is 4.98 Å². The van der Waals surface area contributed by atoms with E-state index in [1.807, 2.05) is 32.0 Å². The number of fused-ring (bicyclic) bond motifs is 4. The van der Waals surface area contributed by atoms with Gasteiger partial charge in [-0.15, -0.1) is 0 Å². The first kappa shape index (κ1) is 15.3. The molecule has 4 aromatic rings. The van der Waals surface area contributed by atoms with Gasteiger partial charge in [0.1, 0.15) is 7.85 Å². The van der Waals surface area contributed by atoms with Crippen LogP contribution in [0.5, 0.6) is 0 Å². The summed E-state index contributed by atoms with van der Waals surface area (Å²) in [5.74, 6) is 0. The van der Waals surface area contributed by atoms with E-state index in [2.05, 4.69) is 51.2 Å². The van der Waals surface area contributed by atoms with Crippen molar-refractivity contribution in [2.24, 2.45) is 0 Å². The predicted molar refractivity (Wildman–Crippen MR) is 107 cm³/mol. The van der Waals surface area contributed by atoms with Gasteiger partial charge in [-0.2, -0.15) is 0 Å². The van der Waals surface area contributed by atoms with Gasteiger partial charge in [0.15, 0.2) is 5.58 Å². The largest absolute Gasteiger partial charge is 0.436 e. The molecule has 2 aromatic carbocycles. The molecule has 0 atom stereocenters. The molecule has 2 radical (unpaired) electrons. The highest BCUT2D eigenvalue weighted by Gasteiger charge is 2.34. The Hall–Kier alpha value is -2.95. The number of benzene rings is 2. The van der Waals surface area contributed by atoms with Gasteiger partial charge in [0, 0.05) is 17.0 Å². The summed E-state index contributed by atoms with van der Waals surface area (Å²) in [7, 11) is 6.44. The van der Waals surface area contributed by atoms with Gasteiger partial charge in [-0.05, 0) is 35.8 Å². The highest BCUT2D eigenvalue weighted by atomic mass is 16.3. The summed E-state index contributed by atoms with van der Waals surface area (Å²) in [5, 5.41) is 2.11. The van der Waals surface area contributed by atoms with Crippen LogP contribution < -0.4 is 9.80 Å². The lowest BCUT2D eigenvalue weighted by atomic mass is 9.80. The minimum atomic E-state index is -0.464. The first-order valence-corrected chi connectivity index (χ1v) is 8.73. The molecule has 2 aromatic heterocycles. The van der Waals surface area contributed by atoms with E-state index >= 15 is 0 Å². The van der Waals surface area contributed by atoms with Crippen LogP contribution in [-0.4, -0.2) is 24.9 Å². The quantitative estimate of drug-likeness (QED) is 0.491. The molecule has 0 N–H and O–H groups in total. The maximum absolute atomic E-state index is 6.44. The second-order valence-electron chi connectivity index (χ2n) is 7.25. The molecule has 5 rings (SSSR count). The average molecular weight is 339 g/mol. The van der Waals surface area contributed by atoms with Gasteiger partial charge in [0.25, 0.3) is 0 Å². The standard InChI is InChI=1S/C21H18BN3O/c1-21(2,22)25-13-24(16-9-3-4-10-17(16)25)18-11-5-7-14-15-8-6-12-23-20(15)26-19(14)18/h3-12H,13H2,1-2H3. The summed E-state index contributed by atoms with van der Waals surface area (Å²) >= 11 is 0. The normalized spacial score (nSPS) is 14.4. The SMILES string of the molecule is [B]C(C)(C)N1CN(c2cccc3c2oc2ncccc23)c2ccccc21. The van der Waals surface area contributed by atoms with Crippen LogP contribution in [0.15, 0.2) is 65.2 Å². The zero-order chi connectivity index (χ0) is 17.9. The molecule has 1 aliphatic heterocycles. The molecule has 0 aliphatic carbocycles. The van der Waals surface area contributed by atoms with Crippen molar-refractivity contribution in [2.45, 2.75) is 19.3 Å². The van der Waals surface area contributed by atoms with Crippen LogP contribution in [0.1, 0.15) is 13.8 Å². The maximum atomic E-state index is 6.44. The number of rotatable bonds is 2. The number of para-hydroxylation sites is 3. The lowest BCUT2D eigenvalue weighted by molar-refractivity contribution is 0.636. The number of hydrogen-bond donors (Lipinski definition) is 0. The number of pyridine rings is 1. The van der Waals surface area contributed by atoms with Crippen molar-refractivity contribution in [1.29, 1.82) is 0 Å². The smallest absolute Gasteiger partial charge is 0.227 e. The van der Waals surface area contributed by atoms with Gasteiger partial charge in [-0.3, -0.25) is 0 Å². The van der Waals surface area contributed by atoms with Gasteiger partial charge < -0.3 is 14.2 Å². The Labute approximate surface area is 153 Å². The van der Waals surface area contributed by atoms with Gasteiger partial charge >= 0.3 is 0 Å². The van der Waals surface area contributed by atoms with Crippen LogP contribution >= 0.6 is 0 Å². The van der Waals surface area contributed by atoms with Gasteiger partial charge in [0.2, 0.25) is 5.71 Å². The third-order valence-electron chi connectivity index (χ3n) is 4.99. The molecular formula is C21H18BN3O. The van der Waals surface area contributed by atoms with Crippen molar-refractivity contribution in [1.82, 2.24) is 4.98 Å².